The van der Waals surface area contributed by atoms with E-state index in [1.54, 1.807) is 0 Å². The van der Waals surface area contributed by atoms with Crippen LogP contribution in [0.4, 0.5) is 5.69 Å². The van der Waals surface area contributed by atoms with Crippen molar-refractivity contribution in [2.75, 3.05) is 0 Å². The van der Waals surface area contributed by atoms with Gasteiger partial charge < -0.3 is 9.13 Å². The number of nitrogens with zero attached hydrogens (tertiary/aromatic N) is 9. The molecule has 0 atom stereocenters. The first-order valence-corrected chi connectivity index (χ1v) is 35.2. The Bertz CT molecular complexity index is 6940. The fourth-order valence-electron chi connectivity index (χ4n) is 15.5. The average molecular weight is 1350 g/mol. The van der Waals surface area contributed by atoms with E-state index in [2.05, 4.69) is 314 Å². The molecule has 14 aromatic carbocycles. The molecule has 0 bridgehead atoms. The van der Waals surface area contributed by atoms with Crippen molar-refractivity contribution in [2.24, 2.45) is 0 Å². The molecular formula is C97H59N9. The Morgan fingerprint density at radius 1 is 0.236 bits per heavy atom. The Kier molecular flexibility index (Phi) is 15.2. The summed E-state index contributed by atoms with van der Waals surface area (Å²) in [6, 6.07) is 129. The number of hydrogen-bond acceptors (Lipinski definition) is 4. The van der Waals surface area contributed by atoms with Crippen LogP contribution in [0.15, 0.2) is 358 Å². The smallest absolute Gasteiger partial charge is 0.187 e. The number of para-hydroxylation sites is 6. The molecule has 6 heterocycles. The maximum Gasteiger partial charge on any atom is 0.187 e. The Morgan fingerprint density at radius 3 is 1.07 bits per heavy atom. The predicted octanol–water partition coefficient (Wildman–Crippen LogP) is 24.8. The predicted molar refractivity (Wildman–Crippen MR) is 434 cm³/mol. The van der Waals surface area contributed by atoms with Crippen LogP contribution in [0.3, 0.4) is 0 Å². The molecule has 20 aromatic rings. The second-order valence-electron chi connectivity index (χ2n) is 26.6. The van der Waals surface area contributed by atoms with E-state index in [9.17, 15) is 10.5 Å². The summed E-state index contributed by atoms with van der Waals surface area (Å²) in [5.41, 5.74) is 25.3. The van der Waals surface area contributed by atoms with Gasteiger partial charge in [0.05, 0.1) is 85.4 Å². The first-order chi connectivity index (χ1) is 52.4. The Morgan fingerprint density at radius 2 is 0.594 bits per heavy atom. The molecule has 0 aliphatic rings. The summed E-state index contributed by atoms with van der Waals surface area (Å²) in [7, 11) is 0. The first kappa shape index (κ1) is 62.1. The second-order valence-corrected chi connectivity index (χ2v) is 26.6. The Labute approximate surface area is 610 Å². The fraction of sp³-hybridized carbons (Fsp3) is 0. The molecule has 9 nitrogen and oxygen atoms in total. The molecule has 0 unspecified atom stereocenters. The molecule has 0 amide bonds. The van der Waals surface area contributed by atoms with E-state index >= 15 is 0 Å². The minimum atomic E-state index is 0.597. The van der Waals surface area contributed by atoms with Gasteiger partial charge in [0, 0.05) is 65.6 Å². The third kappa shape index (κ3) is 10.8. The van der Waals surface area contributed by atoms with Gasteiger partial charge in [-0.3, -0.25) is 9.13 Å². The quantitative estimate of drug-likeness (QED) is 0.127. The fourth-order valence-corrected chi connectivity index (χ4v) is 15.5. The SMILES string of the molecule is N#Cc1cccc(-c2cc(-c3ccccc3)cc(-n3c4ccccc4c4cc(-c5ccc6c7ccccc7n(-c7ccccc7)c6c5)ccc43)n2)c1.[C-]#[N+]c1ccc(-c2cc(-c3ccc(C#N)cc3)nc(-n3c4ccccc4c4cc(-c5ccc6c7ccccc7n(-c7ccccc7)c6c5)ccc43)c2)cc1. The number of rotatable bonds is 10. The molecule has 9 heteroatoms. The van der Waals surface area contributed by atoms with Crippen LogP contribution in [0.25, 0.3) is 182 Å². The van der Waals surface area contributed by atoms with Crippen molar-refractivity contribution in [3.05, 3.63) is 380 Å². The van der Waals surface area contributed by atoms with Gasteiger partial charge in [-0.25, -0.2) is 14.8 Å². The van der Waals surface area contributed by atoms with Gasteiger partial charge in [-0.05, 0) is 178 Å². The lowest BCUT2D eigenvalue weighted by Gasteiger charge is -2.13. The van der Waals surface area contributed by atoms with Crippen molar-refractivity contribution in [1.82, 2.24) is 28.2 Å². The van der Waals surface area contributed by atoms with Crippen LogP contribution < -0.4 is 0 Å². The summed E-state index contributed by atoms with van der Waals surface area (Å²) in [5.74, 6) is 1.61. The molecule has 20 rings (SSSR count). The van der Waals surface area contributed by atoms with Gasteiger partial charge in [-0.2, -0.15) is 10.5 Å². The van der Waals surface area contributed by atoms with Gasteiger partial charge in [-0.1, -0.05) is 224 Å². The lowest BCUT2D eigenvalue weighted by atomic mass is 10.0. The van der Waals surface area contributed by atoms with E-state index in [1.807, 2.05) is 78.9 Å². The number of pyridine rings is 2. The van der Waals surface area contributed by atoms with Crippen molar-refractivity contribution in [2.45, 2.75) is 0 Å². The molecule has 0 fully saturated rings. The van der Waals surface area contributed by atoms with Crippen LogP contribution in [-0.4, -0.2) is 28.2 Å². The van der Waals surface area contributed by atoms with E-state index in [4.69, 9.17) is 16.5 Å². The molecule has 0 spiro atoms. The third-order valence-electron chi connectivity index (χ3n) is 20.5. The van der Waals surface area contributed by atoms with Crippen LogP contribution >= 0.6 is 0 Å². The van der Waals surface area contributed by atoms with Crippen LogP contribution in [0.5, 0.6) is 0 Å². The zero-order chi connectivity index (χ0) is 70.8. The van der Waals surface area contributed by atoms with Crippen LogP contribution in [0.2, 0.25) is 0 Å². The minimum Gasteiger partial charge on any atom is -0.309 e. The zero-order valence-electron chi connectivity index (χ0n) is 57.1. The molecule has 0 radical (unpaired) electrons. The summed E-state index contributed by atoms with van der Waals surface area (Å²) in [4.78, 5) is 14.1. The summed E-state index contributed by atoms with van der Waals surface area (Å²) in [5, 5.41) is 28.7. The third-order valence-corrected chi connectivity index (χ3v) is 20.5. The number of fused-ring (bicyclic) bond motifs is 12. The molecule has 0 saturated carbocycles. The van der Waals surface area contributed by atoms with E-state index in [0.717, 1.165) is 128 Å². The molecular weight excluding hydrogens is 1290 g/mol. The minimum absolute atomic E-state index is 0.597. The van der Waals surface area contributed by atoms with Gasteiger partial charge in [0.25, 0.3) is 0 Å². The summed E-state index contributed by atoms with van der Waals surface area (Å²) >= 11 is 0. The van der Waals surface area contributed by atoms with Crippen LogP contribution in [0, 0.1) is 29.2 Å². The molecule has 6 aromatic heterocycles. The maximum absolute atomic E-state index is 9.66. The zero-order valence-corrected chi connectivity index (χ0v) is 57.1. The van der Waals surface area contributed by atoms with E-state index in [-0.39, 0.29) is 0 Å². The maximum atomic E-state index is 9.66. The van der Waals surface area contributed by atoms with E-state index in [0.29, 0.717) is 16.8 Å². The number of benzene rings is 14. The van der Waals surface area contributed by atoms with E-state index in [1.165, 1.54) is 49.0 Å². The van der Waals surface area contributed by atoms with Gasteiger partial charge in [0.1, 0.15) is 11.6 Å². The second kappa shape index (κ2) is 25.9. The lowest BCUT2D eigenvalue weighted by molar-refractivity contribution is 1.08. The van der Waals surface area contributed by atoms with Crippen molar-refractivity contribution >= 4 is 92.9 Å². The molecule has 106 heavy (non-hydrogen) atoms. The Hall–Kier alpha value is -15.0. The number of aromatic nitrogens is 6. The van der Waals surface area contributed by atoms with Crippen molar-refractivity contribution < 1.29 is 0 Å². The highest BCUT2D eigenvalue weighted by molar-refractivity contribution is 6.15. The van der Waals surface area contributed by atoms with Gasteiger partial charge >= 0.3 is 0 Å². The van der Waals surface area contributed by atoms with Gasteiger partial charge in [-0.15, -0.1) is 0 Å². The summed E-state index contributed by atoms with van der Waals surface area (Å²) < 4.78 is 9.25. The first-order valence-electron chi connectivity index (χ1n) is 35.2. The highest BCUT2D eigenvalue weighted by Crippen LogP contribution is 2.43. The van der Waals surface area contributed by atoms with Crippen molar-refractivity contribution in [3.8, 4) is 102 Å². The highest BCUT2D eigenvalue weighted by atomic mass is 15.1. The summed E-state index contributed by atoms with van der Waals surface area (Å²) in [6.45, 7) is 7.44. The molecule has 0 aliphatic carbocycles. The molecule has 492 valence electrons. The van der Waals surface area contributed by atoms with Gasteiger partial charge in [0.15, 0.2) is 5.69 Å². The standard InChI is InChI=1S/C49H29N5.C48H30N4/c1-51-38-23-19-33(20-24-38)37-28-44(34-17-15-32(31-50)16-18-34)52-49(30-37)54-46-14-8-6-12-41(46)43-27-35(22-26-47(43)54)36-21-25-42-40-11-5-7-13-45(40)53(48(42)29-36)39-9-3-2-4-10-39;49-31-32-12-11-15-36(26-32)43-28-37(33-13-3-1-4-14-33)30-48(50-43)52-45-21-10-8-19-40(45)42-27-34(23-25-46(42)52)35-22-24-41-39-18-7-9-20-44(39)51(47(41)29-35)38-16-5-2-6-17-38/h2-30H;1-30H. The van der Waals surface area contributed by atoms with Crippen LogP contribution in [-0.2, 0) is 0 Å². The molecule has 0 aliphatic heterocycles. The average Bonchev–Trinajstić information content (AvgIpc) is 1.65. The Balaban J connectivity index is 0.000000145. The monoisotopic (exact) mass is 1350 g/mol. The number of nitriles is 2. The van der Waals surface area contributed by atoms with Crippen LogP contribution in [0.1, 0.15) is 11.1 Å². The topological polar surface area (TPSA) is 97.4 Å². The largest absolute Gasteiger partial charge is 0.309 e. The van der Waals surface area contributed by atoms with Crippen molar-refractivity contribution in [1.29, 1.82) is 10.5 Å². The summed E-state index contributed by atoms with van der Waals surface area (Å²) in [6.07, 6.45) is 0. The number of hydrogen-bond donors (Lipinski definition) is 0. The van der Waals surface area contributed by atoms with E-state index < -0.39 is 0 Å². The normalized spacial score (nSPS) is 11.4. The molecule has 0 saturated heterocycles. The lowest BCUT2D eigenvalue weighted by Crippen LogP contribution is -2.00. The molecule has 0 N–H and O–H groups in total. The highest BCUT2D eigenvalue weighted by Gasteiger charge is 2.22. The van der Waals surface area contributed by atoms with Crippen molar-refractivity contribution in [3.63, 3.8) is 0 Å². The van der Waals surface area contributed by atoms with Gasteiger partial charge in [0.2, 0.25) is 0 Å².